The summed E-state index contributed by atoms with van der Waals surface area (Å²) in [4.78, 5) is 40.1. The predicted molar refractivity (Wildman–Crippen MR) is 104 cm³/mol. The van der Waals surface area contributed by atoms with Crippen LogP contribution in [0.4, 0.5) is 5.69 Å². The number of benzene rings is 1. The molecule has 3 aromatic rings. The van der Waals surface area contributed by atoms with E-state index in [1.807, 2.05) is 6.92 Å². The van der Waals surface area contributed by atoms with Crippen molar-refractivity contribution in [2.75, 3.05) is 6.54 Å². The number of unbranched alkanes of at least 4 members (excludes halogenated alkanes) is 1. The SMILES string of the molecule is CCCCNC(=O)Cn1cnc2scc(-c3ccc([N+](=O)[O-])cc3)c2c1=O. The minimum absolute atomic E-state index is 0.0161. The number of hydrogen-bond donors (Lipinski definition) is 1. The molecule has 140 valence electrons. The van der Waals surface area contributed by atoms with Crippen molar-refractivity contribution in [1.82, 2.24) is 14.9 Å². The second kappa shape index (κ2) is 8.09. The maximum absolute atomic E-state index is 12.9. The number of carbonyl (C=O) groups excluding carboxylic acids is 1. The van der Waals surface area contributed by atoms with Gasteiger partial charge < -0.3 is 5.32 Å². The first-order valence-electron chi connectivity index (χ1n) is 8.49. The summed E-state index contributed by atoms with van der Waals surface area (Å²) >= 11 is 1.32. The molecule has 0 spiro atoms. The molecule has 0 fully saturated rings. The van der Waals surface area contributed by atoms with Gasteiger partial charge in [0.1, 0.15) is 11.4 Å². The Bertz CT molecular complexity index is 1040. The van der Waals surface area contributed by atoms with Crippen LogP contribution >= 0.6 is 11.3 Å². The average molecular weight is 386 g/mol. The van der Waals surface area contributed by atoms with Crippen LogP contribution in [0.15, 0.2) is 40.8 Å². The Morgan fingerprint density at radius 3 is 2.74 bits per heavy atom. The zero-order valence-corrected chi connectivity index (χ0v) is 15.5. The summed E-state index contributed by atoms with van der Waals surface area (Å²) in [7, 11) is 0. The van der Waals surface area contributed by atoms with Crippen LogP contribution in [0.2, 0.25) is 0 Å². The summed E-state index contributed by atoms with van der Waals surface area (Å²) in [6.45, 7) is 2.51. The molecule has 1 N–H and O–H groups in total. The van der Waals surface area contributed by atoms with Crippen LogP contribution in [-0.2, 0) is 11.3 Å². The smallest absolute Gasteiger partial charge is 0.269 e. The second-order valence-corrected chi connectivity index (χ2v) is 6.87. The van der Waals surface area contributed by atoms with Crippen LogP contribution in [0.1, 0.15) is 19.8 Å². The van der Waals surface area contributed by atoms with Gasteiger partial charge in [-0.2, -0.15) is 0 Å². The third-order valence-electron chi connectivity index (χ3n) is 4.12. The molecule has 0 saturated carbocycles. The van der Waals surface area contributed by atoms with Gasteiger partial charge in [-0.1, -0.05) is 13.3 Å². The van der Waals surface area contributed by atoms with Crippen LogP contribution < -0.4 is 10.9 Å². The lowest BCUT2D eigenvalue weighted by Gasteiger charge is -2.07. The maximum Gasteiger partial charge on any atom is 0.269 e. The van der Waals surface area contributed by atoms with Crippen molar-refractivity contribution in [3.63, 3.8) is 0 Å². The summed E-state index contributed by atoms with van der Waals surface area (Å²) in [5.41, 5.74) is 1.02. The van der Waals surface area contributed by atoms with Gasteiger partial charge in [-0.3, -0.25) is 24.3 Å². The number of hydrogen-bond acceptors (Lipinski definition) is 6. The molecule has 0 saturated heterocycles. The molecule has 1 aromatic carbocycles. The van der Waals surface area contributed by atoms with Gasteiger partial charge in [-0.05, 0) is 24.1 Å². The molecule has 0 unspecified atom stereocenters. The number of nitrogens with one attached hydrogen (secondary N) is 1. The summed E-state index contributed by atoms with van der Waals surface area (Å²) in [6.07, 6.45) is 3.23. The van der Waals surface area contributed by atoms with Crippen LogP contribution in [0, 0.1) is 10.1 Å². The van der Waals surface area contributed by atoms with E-state index in [1.54, 1.807) is 17.5 Å². The molecule has 27 heavy (non-hydrogen) atoms. The van der Waals surface area contributed by atoms with Crippen LogP contribution in [0.25, 0.3) is 21.3 Å². The highest BCUT2D eigenvalue weighted by molar-refractivity contribution is 7.17. The van der Waals surface area contributed by atoms with Crippen molar-refractivity contribution >= 4 is 33.1 Å². The summed E-state index contributed by atoms with van der Waals surface area (Å²) < 4.78 is 1.28. The monoisotopic (exact) mass is 386 g/mol. The molecular formula is C18H18N4O4S. The quantitative estimate of drug-likeness (QED) is 0.382. The number of nitro benzene ring substituents is 1. The molecule has 2 aromatic heterocycles. The topological polar surface area (TPSA) is 107 Å². The fourth-order valence-electron chi connectivity index (χ4n) is 2.67. The van der Waals surface area contributed by atoms with E-state index >= 15 is 0 Å². The molecule has 1 amide bonds. The van der Waals surface area contributed by atoms with Crippen molar-refractivity contribution in [1.29, 1.82) is 0 Å². The highest BCUT2D eigenvalue weighted by Crippen LogP contribution is 2.31. The Morgan fingerprint density at radius 2 is 2.07 bits per heavy atom. The second-order valence-electron chi connectivity index (χ2n) is 6.01. The normalized spacial score (nSPS) is 10.9. The van der Waals surface area contributed by atoms with E-state index in [-0.39, 0.29) is 23.7 Å². The third-order valence-corrected chi connectivity index (χ3v) is 5.00. The van der Waals surface area contributed by atoms with Crippen molar-refractivity contribution in [3.8, 4) is 11.1 Å². The molecular weight excluding hydrogens is 368 g/mol. The highest BCUT2D eigenvalue weighted by Gasteiger charge is 2.15. The Balaban J connectivity index is 1.93. The van der Waals surface area contributed by atoms with Gasteiger partial charge in [0.15, 0.2) is 0 Å². The molecule has 0 radical (unpaired) electrons. The number of rotatable bonds is 7. The Hall–Kier alpha value is -3.07. The van der Waals surface area contributed by atoms with Gasteiger partial charge in [0.2, 0.25) is 5.91 Å². The Morgan fingerprint density at radius 1 is 1.33 bits per heavy atom. The standard InChI is InChI=1S/C18H18N4O4S/c1-2-3-8-19-15(23)9-21-11-20-17-16(18(21)24)14(10-27-17)12-4-6-13(7-5-12)22(25)26/h4-7,10-11H,2-3,8-9H2,1H3,(H,19,23). The number of carbonyl (C=O) groups is 1. The molecule has 3 rings (SSSR count). The largest absolute Gasteiger partial charge is 0.355 e. The third kappa shape index (κ3) is 4.03. The van der Waals surface area contributed by atoms with Crippen molar-refractivity contribution in [3.05, 3.63) is 56.4 Å². The lowest BCUT2D eigenvalue weighted by Crippen LogP contribution is -2.32. The zero-order chi connectivity index (χ0) is 19.4. The van der Waals surface area contributed by atoms with Gasteiger partial charge in [0.05, 0.1) is 16.6 Å². The van der Waals surface area contributed by atoms with E-state index in [0.29, 0.717) is 27.9 Å². The van der Waals surface area contributed by atoms with Gasteiger partial charge in [-0.25, -0.2) is 4.98 Å². The number of nitro groups is 1. The lowest BCUT2D eigenvalue weighted by atomic mass is 10.1. The lowest BCUT2D eigenvalue weighted by molar-refractivity contribution is -0.384. The Kier molecular flexibility index (Phi) is 5.60. The van der Waals surface area contributed by atoms with Crippen LogP contribution in [0.3, 0.4) is 0 Å². The van der Waals surface area contributed by atoms with Crippen LogP contribution in [-0.4, -0.2) is 26.9 Å². The van der Waals surface area contributed by atoms with E-state index in [0.717, 1.165) is 12.8 Å². The molecule has 0 aliphatic carbocycles. The fraction of sp³-hybridized carbons (Fsp3) is 0.278. The van der Waals surface area contributed by atoms with Crippen molar-refractivity contribution in [2.24, 2.45) is 0 Å². The molecule has 0 bridgehead atoms. The van der Waals surface area contributed by atoms with Crippen molar-refractivity contribution < 1.29 is 9.72 Å². The zero-order valence-electron chi connectivity index (χ0n) is 14.7. The van der Waals surface area contributed by atoms with E-state index in [9.17, 15) is 19.7 Å². The van der Waals surface area contributed by atoms with Gasteiger partial charge in [-0.15, -0.1) is 11.3 Å². The maximum atomic E-state index is 12.9. The number of non-ortho nitro benzene ring substituents is 1. The van der Waals surface area contributed by atoms with E-state index < -0.39 is 4.92 Å². The number of nitrogens with zero attached hydrogens (tertiary/aromatic N) is 3. The summed E-state index contributed by atoms with van der Waals surface area (Å²) in [5, 5.41) is 15.8. The molecule has 0 aliphatic heterocycles. The predicted octanol–water partition coefficient (Wildman–Crippen LogP) is 2.95. The fourth-order valence-corrected chi connectivity index (χ4v) is 3.58. The molecule has 8 nitrogen and oxygen atoms in total. The number of fused-ring (bicyclic) bond motifs is 1. The van der Waals surface area contributed by atoms with E-state index in [4.69, 9.17) is 0 Å². The van der Waals surface area contributed by atoms with Crippen molar-refractivity contribution in [2.45, 2.75) is 26.3 Å². The summed E-state index contributed by atoms with van der Waals surface area (Å²) in [6, 6.07) is 6.01. The average Bonchev–Trinajstić information content (AvgIpc) is 3.09. The molecule has 9 heteroatoms. The first-order chi connectivity index (χ1) is 13.0. The molecule has 0 aliphatic rings. The van der Waals surface area contributed by atoms with Gasteiger partial charge >= 0.3 is 0 Å². The summed E-state index contributed by atoms with van der Waals surface area (Å²) in [5.74, 6) is -0.237. The van der Waals surface area contributed by atoms with Gasteiger partial charge in [0.25, 0.3) is 11.2 Å². The number of amides is 1. The van der Waals surface area contributed by atoms with E-state index in [2.05, 4.69) is 10.3 Å². The minimum atomic E-state index is -0.471. The first kappa shape index (κ1) is 18.7. The minimum Gasteiger partial charge on any atom is -0.355 e. The number of aromatic nitrogens is 2. The molecule has 0 atom stereocenters. The van der Waals surface area contributed by atoms with Crippen LogP contribution in [0.5, 0.6) is 0 Å². The Labute approximate surface area is 158 Å². The molecule has 2 heterocycles. The first-order valence-corrected chi connectivity index (χ1v) is 9.37. The van der Waals surface area contributed by atoms with E-state index in [1.165, 1.54) is 34.4 Å². The highest BCUT2D eigenvalue weighted by atomic mass is 32.1. The van der Waals surface area contributed by atoms with Gasteiger partial charge in [0, 0.05) is 29.6 Å². The number of thiophene rings is 1.